The van der Waals surface area contributed by atoms with Gasteiger partial charge < -0.3 is 14.6 Å². The zero-order chi connectivity index (χ0) is 17.6. The van der Waals surface area contributed by atoms with Gasteiger partial charge in [-0.15, -0.1) is 0 Å². The van der Waals surface area contributed by atoms with Crippen molar-refractivity contribution in [2.75, 3.05) is 13.7 Å². The number of nitrogens with one attached hydrogen (secondary N) is 1. The Kier molecular flexibility index (Phi) is 4.10. The molecule has 1 aromatic heterocycles. The van der Waals surface area contributed by atoms with Crippen LogP contribution in [0.5, 0.6) is 5.75 Å². The van der Waals surface area contributed by atoms with Crippen LogP contribution in [-0.4, -0.2) is 29.4 Å². The molecule has 1 N–H and O–H groups in total. The summed E-state index contributed by atoms with van der Waals surface area (Å²) in [5, 5.41) is 2.27. The highest BCUT2D eigenvalue weighted by molar-refractivity contribution is 6.31. The van der Waals surface area contributed by atoms with E-state index in [-0.39, 0.29) is 5.91 Å². The lowest BCUT2D eigenvalue weighted by Crippen LogP contribution is -2.35. The van der Waals surface area contributed by atoms with Gasteiger partial charge in [0.15, 0.2) is 0 Å². The second-order valence-electron chi connectivity index (χ2n) is 6.10. The Hall–Kier alpha value is -2.17. The van der Waals surface area contributed by atoms with Gasteiger partial charge in [0.05, 0.1) is 19.2 Å². The average Bonchev–Trinajstić information content (AvgIpc) is 2.98. The zero-order valence-corrected chi connectivity index (χ0v) is 15.1. The van der Waals surface area contributed by atoms with Gasteiger partial charge in [-0.25, -0.2) is 0 Å². The summed E-state index contributed by atoms with van der Waals surface area (Å²) < 4.78 is 5.43. The molecular weight excluding hydrogens is 359 g/mol. The number of aromatic nitrogens is 1. The van der Waals surface area contributed by atoms with Gasteiger partial charge in [0.1, 0.15) is 5.75 Å². The molecule has 1 aliphatic rings. The second-order valence-corrected chi connectivity index (χ2v) is 6.97. The summed E-state index contributed by atoms with van der Waals surface area (Å²) in [5.74, 6) is 0.696. The summed E-state index contributed by atoms with van der Waals surface area (Å²) in [6, 6.07) is 10.8. The van der Waals surface area contributed by atoms with Crippen molar-refractivity contribution in [3.8, 4) is 5.75 Å². The normalized spacial score (nSPS) is 13.8. The van der Waals surface area contributed by atoms with E-state index in [1.165, 1.54) is 5.56 Å². The van der Waals surface area contributed by atoms with Gasteiger partial charge in [0.25, 0.3) is 5.91 Å². The number of carbonyl (C=O) groups excluding carboxylic acids is 1. The lowest BCUT2D eigenvalue weighted by Gasteiger charge is -2.27. The van der Waals surface area contributed by atoms with Crippen LogP contribution in [0, 0.1) is 0 Å². The number of methoxy groups -OCH3 is 1. The molecule has 4 nitrogen and oxygen atoms in total. The van der Waals surface area contributed by atoms with Gasteiger partial charge in [0, 0.05) is 39.3 Å². The maximum Gasteiger partial charge on any atom is 0.254 e. The molecule has 0 unspecified atom stereocenters. The molecule has 128 valence electrons. The molecule has 0 atom stereocenters. The van der Waals surface area contributed by atoms with Crippen LogP contribution in [0.3, 0.4) is 0 Å². The second kappa shape index (κ2) is 6.28. The van der Waals surface area contributed by atoms with E-state index in [1.807, 2.05) is 11.0 Å². The van der Waals surface area contributed by atoms with Crippen molar-refractivity contribution in [3.63, 3.8) is 0 Å². The molecule has 2 heterocycles. The van der Waals surface area contributed by atoms with E-state index in [0.717, 1.165) is 23.0 Å². The molecule has 25 heavy (non-hydrogen) atoms. The maximum absolute atomic E-state index is 12.8. The average molecular weight is 375 g/mol. The number of ether oxygens (including phenoxy) is 1. The lowest BCUT2D eigenvalue weighted by atomic mass is 10.0. The number of nitrogens with zero attached hydrogens (tertiary/aromatic N) is 1. The number of halogens is 2. The lowest BCUT2D eigenvalue weighted by molar-refractivity contribution is 0.0733. The number of fused-ring (bicyclic) bond motifs is 3. The quantitative estimate of drug-likeness (QED) is 0.707. The van der Waals surface area contributed by atoms with Gasteiger partial charge in [-0.3, -0.25) is 4.79 Å². The molecule has 0 radical (unpaired) electrons. The van der Waals surface area contributed by atoms with Crippen LogP contribution in [0.2, 0.25) is 10.0 Å². The minimum Gasteiger partial charge on any atom is -0.495 e. The summed E-state index contributed by atoms with van der Waals surface area (Å²) in [7, 11) is 1.62. The smallest absolute Gasteiger partial charge is 0.254 e. The Morgan fingerprint density at radius 1 is 1.20 bits per heavy atom. The third-order valence-electron chi connectivity index (χ3n) is 4.59. The molecule has 0 aliphatic carbocycles. The number of benzene rings is 2. The first-order valence-corrected chi connectivity index (χ1v) is 8.74. The predicted molar refractivity (Wildman–Crippen MR) is 99.8 cm³/mol. The van der Waals surface area contributed by atoms with Crippen LogP contribution < -0.4 is 4.74 Å². The Balaban J connectivity index is 1.70. The van der Waals surface area contributed by atoms with Gasteiger partial charge in [-0.2, -0.15) is 0 Å². The largest absolute Gasteiger partial charge is 0.495 e. The minimum atomic E-state index is -0.0168. The Morgan fingerprint density at radius 3 is 2.80 bits per heavy atom. The minimum absolute atomic E-state index is 0.0168. The summed E-state index contributed by atoms with van der Waals surface area (Å²) in [6.45, 7) is 1.18. The summed E-state index contributed by atoms with van der Waals surface area (Å²) in [4.78, 5) is 18.0. The fraction of sp³-hybridized carbons (Fsp3) is 0.211. The topological polar surface area (TPSA) is 45.3 Å². The van der Waals surface area contributed by atoms with Crippen LogP contribution in [-0.2, 0) is 13.0 Å². The monoisotopic (exact) mass is 374 g/mol. The molecule has 2 aromatic carbocycles. The molecule has 1 aliphatic heterocycles. The fourth-order valence-corrected chi connectivity index (χ4v) is 3.81. The first-order chi connectivity index (χ1) is 12.1. The number of carbonyl (C=O) groups is 1. The van der Waals surface area contributed by atoms with Gasteiger partial charge in [-0.05, 0) is 36.2 Å². The van der Waals surface area contributed by atoms with E-state index in [2.05, 4.69) is 4.98 Å². The van der Waals surface area contributed by atoms with Crippen molar-refractivity contribution in [1.29, 1.82) is 0 Å². The molecule has 0 saturated heterocycles. The Labute approximate surface area is 155 Å². The Morgan fingerprint density at radius 2 is 2.04 bits per heavy atom. The van der Waals surface area contributed by atoms with E-state index in [9.17, 15) is 4.79 Å². The number of hydrogen-bond donors (Lipinski definition) is 1. The van der Waals surface area contributed by atoms with E-state index in [4.69, 9.17) is 27.9 Å². The van der Waals surface area contributed by atoms with Gasteiger partial charge in [-0.1, -0.05) is 29.3 Å². The molecule has 6 heteroatoms. The highest BCUT2D eigenvalue weighted by Gasteiger charge is 2.26. The van der Waals surface area contributed by atoms with Crippen molar-refractivity contribution in [3.05, 3.63) is 63.3 Å². The highest BCUT2D eigenvalue weighted by atomic mass is 35.5. The van der Waals surface area contributed by atoms with Crippen molar-refractivity contribution >= 4 is 40.0 Å². The molecule has 0 saturated carbocycles. The van der Waals surface area contributed by atoms with Crippen LogP contribution >= 0.6 is 23.2 Å². The van der Waals surface area contributed by atoms with E-state index in [1.54, 1.807) is 37.4 Å². The van der Waals surface area contributed by atoms with Crippen molar-refractivity contribution in [2.24, 2.45) is 0 Å². The van der Waals surface area contributed by atoms with Crippen LogP contribution in [0.1, 0.15) is 21.6 Å². The molecular formula is C19H16Cl2N2O2. The molecule has 0 bridgehead atoms. The molecule has 4 rings (SSSR count). The molecule has 0 fully saturated rings. The van der Waals surface area contributed by atoms with Crippen molar-refractivity contribution in [2.45, 2.75) is 13.0 Å². The fourth-order valence-electron chi connectivity index (χ4n) is 3.41. The number of hydrogen-bond acceptors (Lipinski definition) is 2. The number of H-pyrrole nitrogens is 1. The van der Waals surface area contributed by atoms with Crippen molar-refractivity contribution < 1.29 is 9.53 Å². The molecule has 3 aromatic rings. The molecule has 1 amide bonds. The van der Waals surface area contributed by atoms with Crippen molar-refractivity contribution in [1.82, 2.24) is 9.88 Å². The zero-order valence-electron chi connectivity index (χ0n) is 13.6. The highest BCUT2D eigenvalue weighted by Crippen LogP contribution is 2.35. The Bertz CT molecular complexity index is 981. The third-order valence-corrected chi connectivity index (χ3v) is 5.04. The van der Waals surface area contributed by atoms with Crippen LogP contribution in [0.25, 0.3) is 10.9 Å². The van der Waals surface area contributed by atoms with Gasteiger partial charge in [0.2, 0.25) is 0 Å². The van der Waals surface area contributed by atoms with E-state index >= 15 is 0 Å². The van der Waals surface area contributed by atoms with Gasteiger partial charge >= 0.3 is 0 Å². The summed E-state index contributed by atoms with van der Waals surface area (Å²) in [5.41, 5.74) is 3.75. The first kappa shape index (κ1) is 16.3. The molecule has 0 spiro atoms. The van der Waals surface area contributed by atoms with E-state index < -0.39 is 0 Å². The maximum atomic E-state index is 12.8. The number of rotatable bonds is 2. The predicted octanol–water partition coefficient (Wildman–Crippen LogP) is 4.68. The number of aromatic amines is 1. The summed E-state index contributed by atoms with van der Waals surface area (Å²) in [6.07, 6.45) is 0.769. The first-order valence-electron chi connectivity index (χ1n) is 7.98. The summed E-state index contributed by atoms with van der Waals surface area (Å²) >= 11 is 12.2. The number of amides is 1. The van der Waals surface area contributed by atoms with E-state index in [0.29, 0.717) is 34.4 Å². The van der Waals surface area contributed by atoms with Crippen LogP contribution in [0.15, 0.2) is 36.4 Å². The van der Waals surface area contributed by atoms with Crippen LogP contribution in [0.4, 0.5) is 0 Å². The SMILES string of the molecule is COc1cc(Cl)cc2c3c([nH]c12)CN(C(=O)c1cccc(Cl)c1)CC3. The third kappa shape index (κ3) is 2.86. The standard InChI is InChI=1S/C19H16Cl2N2O2/c1-25-17-9-13(21)8-15-14-5-6-23(10-16(14)22-18(15)17)19(24)11-3-2-4-12(20)7-11/h2-4,7-9,22H,5-6,10H2,1H3.